The van der Waals surface area contributed by atoms with Crippen molar-refractivity contribution in [1.82, 2.24) is 10.6 Å². The Hall–Kier alpha value is -2.70. The molecule has 0 saturated heterocycles. The van der Waals surface area contributed by atoms with E-state index in [1.54, 1.807) is 0 Å². The molecular weight excluding hydrogens is 348 g/mol. The van der Waals surface area contributed by atoms with Gasteiger partial charge in [-0.1, -0.05) is 30.3 Å². The van der Waals surface area contributed by atoms with Gasteiger partial charge in [0.1, 0.15) is 17.9 Å². The summed E-state index contributed by atoms with van der Waals surface area (Å²) in [5, 5.41) is 5.34. The van der Waals surface area contributed by atoms with E-state index in [1.807, 2.05) is 30.3 Å². The summed E-state index contributed by atoms with van der Waals surface area (Å²) in [5.41, 5.74) is 0.883. The Morgan fingerprint density at radius 1 is 1.19 bits per heavy atom. The number of esters is 1. The topological polar surface area (TPSA) is 102 Å². The maximum absolute atomic E-state index is 12.8. The summed E-state index contributed by atoms with van der Waals surface area (Å²) < 4.78 is 4.83. The molecule has 0 aliphatic heterocycles. The van der Waals surface area contributed by atoms with Crippen molar-refractivity contribution < 1.29 is 23.9 Å². The second-order valence-corrected chi connectivity index (χ2v) is 6.85. The fraction of sp³-hybridized carbons (Fsp3) is 0.500. The van der Waals surface area contributed by atoms with E-state index in [0.717, 1.165) is 5.56 Å². The third-order valence-electron chi connectivity index (χ3n) is 4.72. The number of amides is 2. The molecule has 1 aliphatic rings. The molecule has 2 amide bonds. The zero-order valence-corrected chi connectivity index (χ0v) is 15.7. The van der Waals surface area contributed by atoms with Crippen LogP contribution in [0.1, 0.15) is 38.2 Å². The Morgan fingerprint density at radius 2 is 1.89 bits per heavy atom. The first kappa shape index (κ1) is 20.6. The van der Waals surface area contributed by atoms with Crippen LogP contribution in [-0.2, 0) is 30.3 Å². The van der Waals surface area contributed by atoms with Crippen LogP contribution in [0.5, 0.6) is 0 Å². The van der Waals surface area contributed by atoms with Crippen LogP contribution < -0.4 is 10.6 Å². The van der Waals surface area contributed by atoms with Crippen LogP contribution in [0.25, 0.3) is 0 Å². The Balaban J connectivity index is 2.14. The fourth-order valence-electron chi connectivity index (χ4n) is 3.40. The van der Waals surface area contributed by atoms with E-state index in [2.05, 4.69) is 10.6 Å². The van der Waals surface area contributed by atoms with Gasteiger partial charge in [0.25, 0.3) is 0 Å². The van der Waals surface area contributed by atoms with Crippen molar-refractivity contribution in [1.29, 1.82) is 0 Å². The lowest BCUT2D eigenvalue weighted by Crippen LogP contribution is -2.55. The number of hydrogen-bond acceptors (Lipinski definition) is 5. The van der Waals surface area contributed by atoms with E-state index in [4.69, 9.17) is 4.74 Å². The van der Waals surface area contributed by atoms with Gasteiger partial charge in [-0.25, -0.2) is 4.79 Å². The molecule has 7 heteroatoms. The SMILES string of the molecule is COC(=O)[C@@H](NC(=O)[C@@H](Cc1ccccc1)NC(C)=O)[C@@H]1CCCC(=O)C1. The molecule has 1 fully saturated rings. The van der Waals surface area contributed by atoms with Gasteiger partial charge < -0.3 is 15.4 Å². The van der Waals surface area contributed by atoms with Crippen molar-refractivity contribution in [2.75, 3.05) is 7.11 Å². The summed E-state index contributed by atoms with van der Waals surface area (Å²) in [7, 11) is 1.25. The molecule has 0 bridgehead atoms. The Kier molecular flexibility index (Phi) is 7.52. The molecule has 1 aliphatic carbocycles. The van der Waals surface area contributed by atoms with E-state index in [9.17, 15) is 19.2 Å². The van der Waals surface area contributed by atoms with Gasteiger partial charge in [0, 0.05) is 26.2 Å². The van der Waals surface area contributed by atoms with Crippen molar-refractivity contribution in [2.45, 2.75) is 51.1 Å². The number of Topliss-reactive ketones (excluding diaryl/α,β-unsaturated/α-hetero) is 1. The van der Waals surface area contributed by atoms with Crippen LogP contribution >= 0.6 is 0 Å². The van der Waals surface area contributed by atoms with Crippen LogP contribution in [0.3, 0.4) is 0 Å². The van der Waals surface area contributed by atoms with Gasteiger partial charge in [0.2, 0.25) is 11.8 Å². The van der Waals surface area contributed by atoms with Gasteiger partial charge in [0.05, 0.1) is 7.11 Å². The summed E-state index contributed by atoms with van der Waals surface area (Å²) >= 11 is 0. The molecular formula is C20H26N2O5. The molecule has 1 aromatic rings. The number of carbonyl (C=O) groups is 4. The molecule has 1 saturated carbocycles. The number of benzene rings is 1. The first-order valence-corrected chi connectivity index (χ1v) is 9.11. The first-order chi connectivity index (χ1) is 12.9. The number of hydrogen-bond donors (Lipinski definition) is 2. The number of nitrogens with one attached hydrogen (secondary N) is 2. The first-order valence-electron chi connectivity index (χ1n) is 9.11. The average molecular weight is 374 g/mol. The smallest absolute Gasteiger partial charge is 0.328 e. The van der Waals surface area contributed by atoms with Gasteiger partial charge in [0.15, 0.2) is 0 Å². The zero-order valence-electron chi connectivity index (χ0n) is 15.7. The molecule has 0 unspecified atom stereocenters. The lowest BCUT2D eigenvalue weighted by molar-refractivity contribution is -0.147. The van der Waals surface area contributed by atoms with Crippen LogP contribution in [0, 0.1) is 5.92 Å². The number of ether oxygens (including phenoxy) is 1. The monoisotopic (exact) mass is 374 g/mol. The average Bonchev–Trinajstić information content (AvgIpc) is 2.65. The van der Waals surface area contributed by atoms with Crippen molar-refractivity contribution in [3.63, 3.8) is 0 Å². The van der Waals surface area contributed by atoms with E-state index in [0.29, 0.717) is 25.7 Å². The Bertz CT molecular complexity index is 689. The minimum atomic E-state index is -0.904. The minimum absolute atomic E-state index is 0.0806. The molecule has 0 radical (unpaired) electrons. The minimum Gasteiger partial charge on any atom is -0.467 e. The summed E-state index contributed by atoms with van der Waals surface area (Å²) in [6, 6.07) is 7.56. The molecule has 2 rings (SSSR count). The van der Waals surface area contributed by atoms with Crippen molar-refractivity contribution in [3.8, 4) is 0 Å². The zero-order chi connectivity index (χ0) is 19.8. The highest BCUT2D eigenvalue weighted by molar-refractivity contribution is 5.91. The Labute approximate surface area is 158 Å². The molecule has 7 nitrogen and oxygen atoms in total. The van der Waals surface area contributed by atoms with Crippen molar-refractivity contribution in [3.05, 3.63) is 35.9 Å². The standard InChI is InChI=1S/C20H26N2O5/c1-13(23)21-17(11-14-7-4-3-5-8-14)19(25)22-18(20(26)27-2)15-9-6-10-16(24)12-15/h3-5,7-8,15,17-18H,6,9-12H2,1-2H3,(H,21,23)(H,22,25)/t15-,17-,18+/m1/s1. The predicted molar refractivity (Wildman–Crippen MR) is 98.7 cm³/mol. The molecule has 2 N–H and O–H groups in total. The fourth-order valence-corrected chi connectivity index (χ4v) is 3.40. The van der Waals surface area contributed by atoms with Crippen LogP contribution in [-0.4, -0.2) is 42.8 Å². The van der Waals surface area contributed by atoms with Crippen LogP contribution in [0.15, 0.2) is 30.3 Å². The van der Waals surface area contributed by atoms with Gasteiger partial charge in [-0.05, 0) is 24.3 Å². The number of ketones is 1. The van der Waals surface area contributed by atoms with E-state index < -0.39 is 24.0 Å². The number of carbonyl (C=O) groups excluding carboxylic acids is 4. The van der Waals surface area contributed by atoms with Gasteiger partial charge in [-0.3, -0.25) is 14.4 Å². The van der Waals surface area contributed by atoms with E-state index in [-0.39, 0.29) is 24.0 Å². The van der Waals surface area contributed by atoms with Crippen molar-refractivity contribution >= 4 is 23.6 Å². The highest BCUT2D eigenvalue weighted by Crippen LogP contribution is 2.25. The third kappa shape index (κ3) is 6.20. The number of methoxy groups -OCH3 is 1. The molecule has 27 heavy (non-hydrogen) atoms. The summed E-state index contributed by atoms with van der Waals surface area (Å²) in [4.78, 5) is 48.4. The lowest BCUT2D eigenvalue weighted by Gasteiger charge is -2.29. The molecule has 0 aromatic heterocycles. The van der Waals surface area contributed by atoms with Crippen molar-refractivity contribution in [2.24, 2.45) is 5.92 Å². The predicted octanol–water partition coefficient (Wildman–Crippen LogP) is 1.15. The van der Waals surface area contributed by atoms with Crippen LogP contribution in [0.2, 0.25) is 0 Å². The normalized spacial score (nSPS) is 18.9. The highest BCUT2D eigenvalue weighted by atomic mass is 16.5. The van der Waals surface area contributed by atoms with Gasteiger partial charge in [-0.15, -0.1) is 0 Å². The summed E-state index contributed by atoms with van der Waals surface area (Å²) in [6.45, 7) is 1.34. The number of rotatable bonds is 7. The highest BCUT2D eigenvalue weighted by Gasteiger charge is 2.35. The maximum Gasteiger partial charge on any atom is 0.328 e. The van der Waals surface area contributed by atoms with Crippen LogP contribution in [0.4, 0.5) is 0 Å². The molecule has 146 valence electrons. The molecule has 0 heterocycles. The maximum atomic E-state index is 12.8. The van der Waals surface area contributed by atoms with Gasteiger partial charge >= 0.3 is 5.97 Å². The van der Waals surface area contributed by atoms with E-state index >= 15 is 0 Å². The third-order valence-corrected chi connectivity index (χ3v) is 4.72. The summed E-state index contributed by atoms with van der Waals surface area (Å²) in [6.07, 6.45) is 2.38. The lowest BCUT2D eigenvalue weighted by atomic mass is 9.83. The van der Waals surface area contributed by atoms with Gasteiger partial charge in [-0.2, -0.15) is 0 Å². The molecule has 1 aromatic carbocycles. The second-order valence-electron chi connectivity index (χ2n) is 6.85. The summed E-state index contributed by atoms with van der Waals surface area (Å²) in [5.74, 6) is -1.60. The second kappa shape index (κ2) is 9.85. The quantitative estimate of drug-likeness (QED) is 0.697. The Morgan fingerprint density at radius 3 is 2.48 bits per heavy atom. The molecule has 0 spiro atoms. The van der Waals surface area contributed by atoms with E-state index in [1.165, 1.54) is 14.0 Å². The largest absolute Gasteiger partial charge is 0.467 e. The molecule has 3 atom stereocenters.